The summed E-state index contributed by atoms with van der Waals surface area (Å²) in [5.74, 6) is 1.38. The summed E-state index contributed by atoms with van der Waals surface area (Å²) < 4.78 is 15.4. The molecule has 0 spiro atoms. The second-order valence-electron chi connectivity index (χ2n) is 4.03. The average Bonchev–Trinajstić information content (AvgIpc) is 2.75. The minimum Gasteiger partial charge on any atom is -0.497 e. The number of ether oxygens (including phenoxy) is 3. The summed E-state index contributed by atoms with van der Waals surface area (Å²) in [5.41, 5.74) is 0.982. The molecule has 0 aromatic heterocycles. The van der Waals surface area contributed by atoms with Crippen molar-refractivity contribution in [1.82, 2.24) is 0 Å². The van der Waals surface area contributed by atoms with E-state index in [1.165, 1.54) is 0 Å². The molecule has 1 fully saturated rings. The van der Waals surface area contributed by atoms with E-state index in [4.69, 9.17) is 14.2 Å². The molecule has 1 unspecified atom stereocenters. The lowest BCUT2D eigenvalue weighted by atomic mass is 9.97. The zero-order valence-corrected chi connectivity index (χ0v) is 10.1. The minimum absolute atomic E-state index is 0.0593. The van der Waals surface area contributed by atoms with Crippen molar-refractivity contribution in [2.24, 2.45) is 5.92 Å². The van der Waals surface area contributed by atoms with Gasteiger partial charge in [0.15, 0.2) is 0 Å². The highest BCUT2D eigenvalue weighted by atomic mass is 16.5. The van der Waals surface area contributed by atoms with Crippen molar-refractivity contribution >= 4 is 5.97 Å². The number of cyclic esters (lactones) is 1. The minimum atomic E-state index is -0.116. The zero-order valence-electron chi connectivity index (χ0n) is 10.1. The first-order chi connectivity index (χ1) is 8.24. The first-order valence-electron chi connectivity index (χ1n) is 5.62. The highest BCUT2D eigenvalue weighted by Gasteiger charge is 2.27. The van der Waals surface area contributed by atoms with E-state index in [0.717, 1.165) is 23.5 Å². The van der Waals surface area contributed by atoms with Crippen LogP contribution in [0.25, 0.3) is 0 Å². The SMILES string of the molecule is COc1ccc(OC)c(CC2CCOC2=O)c1. The Balaban J connectivity index is 2.20. The summed E-state index contributed by atoms with van der Waals surface area (Å²) in [4.78, 5) is 11.4. The van der Waals surface area contributed by atoms with Crippen LogP contribution in [0.2, 0.25) is 0 Å². The van der Waals surface area contributed by atoms with Gasteiger partial charge in [-0.15, -0.1) is 0 Å². The summed E-state index contributed by atoms with van der Waals surface area (Å²) in [6.07, 6.45) is 1.42. The van der Waals surface area contributed by atoms with Gasteiger partial charge < -0.3 is 14.2 Å². The number of carbonyl (C=O) groups is 1. The number of hydrogen-bond donors (Lipinski definition) is 0. The van der Waals surface area contributed by atoms with Gasteiger partial charge in [-0.25, -0.2) is 0 Å². The lowest BCUT2D eigenvalue weighted by Crippen LogP contribution is -2.11. The molecule has 0 aliphatic carbocycles. The lowest BCUT2D eigenvalue weighted by molar-refractivity contribution is -0.141. The molecule has 0 N–H and O–H groups in total. The Morgan fingerprint density at radius 1 is 1.35 bits per heavy atom. The van der Waals surface area contributed by atoms with E-state index >= 15 is 0 Å². The Morgan fingerprint density at radius 3 is 2.76 bits per heavy atom. The van der Waals surface area contributed by atoms with Crippen LogP contribution >= 0.6 is 0 Å². The number of esters is 1. The molecule has 17 heavy (non-hydrogen) atoms. The van der Waals surface area contributed by atoms with Gasteiger partial charge in [0.2, 0.25) is 0 Å². The van der Waals surface area contributed by atoms with Crippen molar-refractivity contribution in [2.75, 3.05) is 20.8 Å². The normalized spacial score (nSPS) is 18.9. The van der Waals surface area contributed by atoms with Gasteiger partial charge in [-0.3, -0.25) is 4.79 Å². The molecule has 1 saturated heterocycles. The van der Waals surface area contributed by atoms with Gasteiger partial charge in [-0.1, -0.05) is 0 Å². The molecule has 1 aliphatic rings. The van der Waals surface area contributed by atoms with Gasteiger partial charge in [0.25, 0.3) is 0 Å². The Hall–Kier alpha value is -1.71. The van der Waals surface area contributed by atoms with Crippen LogP contribution in [0.1, 0.15) is 12.0 Å². The molecule has 1 atom stereocenters. The number of methoxy groups -OCH3 is 2. The Bertz CT molecular complexity index is 414. The molecule has 1 aliphatic heterocycles. The molecule has 1 heterocycles. The predicted octanol–water partition coefficient (Wildman–Crippen LogP) is 1.81. The standard InChI is InChI=1S/C13H16O4/c1-15-11-3-4-12(16-2)10(8-11)7-9-5-6-17-13(9)14/h3-4,8-9H,5-7H2,1-2H3. The van der Waals surface area contributed by atoms with Gasteiger partial charge in [0.1, 0.15) is 11.5 Å². The highest BCUT2D eigenvalue weighted by molar-refractivity contribution is 5.74. The lowest BCUT2D eigenvalue weighted by Gasteiger charge is -2.12. The molecule has 1 aromatic carbocycles. The molecule has 4 nitrogen and oxygen atoms in total. The maximum Gasteiger partial charge on any atom is 0.309 e. The first kappa shape index (κ1) is 11.8. The van der Waals surface area contributed by atoms with Crippen LogP contribution in [-0.2, 0) is 16.0 Å². The van der Waals surface area contributed by atoms with Gasteiger partial charge >= 0.3 is 5.97 Å². The van der Waals surface area contributed by atoms with E-state index in [2.05, 4.69) is 0 Å². The van der Waals surface area contributed by atoms with Crippen LogP contribution in [0.4, 0.5) is 0 Å². The van der Waals surface area contributed by atoms with E-state index in [9.17, 15) is 4.79 Å². The topological polar surface area (TPSA) is 44.8 Å². The van der Waals surface area contributed by atoms with E-state index in [1.54, 1.807) is 14.2 Å². The third-order valence-electron chi connectivity index (χ3n) is 3.00. The monoisotopic (exact) mass is 236 g/mol. The molecule has 4 heteroatoms. The maximum absolute atomic E-state index is 11.4. The summed E-state index contributed by atoms with van der Waals surface area (Å²) >= 11 is 0. The van der Waals surface area contributed by atoms with Gasteiger partial charge in [0.05, 0.1) is 26.7 Å². The van der Waals surface area contributed by atoms with Crippen molar-refractivity contribution in [3.8, 4) is 11.5 Å². The summed E-state index contributed by atoms with van der Waals surface area (Å²) in [6, 6.07) is 5.61. The Kier molecular flexibility index (Phi) is 3.52. The van der Waals surface area contributed by atoms with Crippen molar-refractivity contribution in [3.05, 3.63) is 23.8 Å². The maximum atomic E-state index is 11.4. The van der Waals surface area contributed by atoms with Crippen molar-refractivity contribution < 1.29 is 19.0 Å². The largest absolute Gasteiger partial charge is 0.497 e. The highest BCUT2D eigenvalue weighted by Crippen LogP contribution is 2.29. The molecule has 0 amide bonds. The van der Waals surface area contributed by atoms with E-state index in [-0.39, 0.29) is 11.9 Å². The second kappa shape index (κ2) is 5.08. The van der Waals surface area contributed by atoms with Crippen LogP contribution in [0.5, 0.6) is 11.5 Å². The van der Waals surface area contributed by atoms with Crippen LogP contribution < -0.4 is 9.47 Å². The Morgan fingerprint density at radius 2 is 2.18 bits per heavy atom. The number of benzene rings is 1. The fraction of sp³-hybridized carbons (Fsp3) is 0.462. The molecule has 0 bridgehead atoms. The average molecular weight is 236 g/mol. The molecule has 0 radical (unpaired) electrons. The third-order valence-corrected chi connectivity index (χ3v) is 3.00. The number of rotatable bonds is 4. The van der Waals surface area contributed by atoms with Crippen molar-refractivity contribution in [3.63, 3.8) is 0 Å². The first-order valence-corrected chi connectivity index (χ1v) is 5.62. The van der Waals surface area contributed by atoms with Gasteiger partial charge in [-0.05, 0) is 36.6 Å². The second-order valence-corrected chi connectivity index (χ2v) is 4.03. The molecule has 0 saturated carbocycles. The van der Waals surface area contributed by atoms with Gasteiger partial charge in [-0.2, -0.15) is 0 Å². The quantitative estimate of drug-likeness (QED) is 0.748. The Labute approximate surface area is 100 Å². The van der Waals surface area contributed by atoms with Crippen LogP contribution in [0.15, 0.2) is 18.2 Å². The van der Waals surface area contributed by atoms with Gasteiger partial charge in [0, 0.05) is 0 Å². The van der Waals surface area contributed by atoms with Crippen LogP contribution in [0, 0.1) is 5.92 Å². The van der Waals surface area contributed by atoms with E-state index < -0.39 is 0 Å². The van der Waals surface area contributed by atoms with Crippen LogP contribution in [-0.4, -0.2) is 26.8 Å². The zero-order chi connectivity index (χ0) is 12.3. The molecular formula is C13H16O4. The molecular weight excluding hydrogens is 220 g/mol. The number of carbonyl (C=O) groups excluding carboxylic acids is 1. The summed E-state index contributed by atoms with van der Waals surface area (Å²) in [6.45, 7) is 0.524. The van der Waals surface area contributed by atoms with E-state index in [0.29, 0.717) is 13.0 Å². The smallest absolute Gasteiger partial charge is 0.309 e. The molecule has 92 valence electrons. The van der Waals surface area contributed by atoms with Crippen molar-refractivity contribution in [1.29, 1.82) is 0 Å². The van der Waals surface area contributed by atoms with Crippen molar-refractivity contribution in [2.45, 2.75) is 12.8 Å². The molecule has 1 aromatic rings. The molecule has 2 rings (SSSR count). The van der Waals surface area contributed by atoms with Crippen LogP contribution in [0.3, 0.4) is 0 Å². The summed E-state index contributed by atoms with van der Waals surface area (Å²) in [5, 5.41) is 0. The summed E-state index contributed by atoms with van der Waals surface area (Å²) in [7, 11) is 3.24. The fourth-order valence-electron chi connectivity index (χ4n) is 2.03. The van der Waals surface area contributed by atoms with E-state index in [1.807, 2.05) is 18.2 Å². The predicted molar refractivity (Wildman–Crippen MR) is 62.3 cm³/mol. The third kappa shape index (κ3) is 2.52. The number of hydrogen-bond acceptors (Lipinski definition) is 4. The fourth-order valence-corrected chi connectivity index (χ4v) is 2.03.